The molecule has 0 saturated carbocycles. The van der Waals surface area contributed by atoms with Crippen LogP contribution in [0.4, 0.5) is 0 Å². The lowest BCUT2D eigenvalue weighted by Crippen LogP contribution is -2.05. The van der Waals surface area contributed by atoms with Crippen LogP contribution in [0, 0.1) is 6.92 Å². The summed E-state index contributed by atoms with van der Waals surface area (Å²) in [5.74, 6) is 1.60. The molecule has 0 heterocycles. The Balaban J connectivity index is 1.48. The summed E-state index contributed by atoms with van der Waals surface area (Å²) in [7, 11) is 0. The number of hydrogen-bond acceptors (Lipinski definition) is 4. The normalized spacial score (nSPS) is 11.7. The average molecular weight is 390 g/mol. The van der Waals surface area contributed by atoms with Gasteiger partial charge in [-0.25, -0.2) is 0 Å². The summed E-state index contributed by atoms with van der Waals surface area (Å²) in [6.07, 6.45) is 1.68. The Hall–Kier alpha value is -3.05. The molecule has 0 amide bonds. The minimum absolute atomic E-state index is 0.443. The standard InChI is InChI=1S/C23H23N3OS/c1-18-7-5-6-10-21(18)16-27-22-13-11-19(12-14-22)15-25-26-23(24)28-17-20-8-3-2-4-9-20/h2-15H,16-17H2,1H3,(H2,24,26). The van der Waals surface area contributed by atoms with E-state index < -0.39 is 0 Å². The second-order valence-corrected chi connectivity index (χ2v) is 7.24. The number of thioether (sulfide) groups is 1. The van der Waals surface area contributed by atoms with Gasteiger partial charge in [0.05, 0.1) is 6.21 Å². The highest BCUT2D eigenvalue weighted by Crippen LogP contribution is 2.15. The van der Waals surface area contributed by atoms with Gasteiger partial charge in [0.2, 0.25) is 0 Å². The number of nitrogens with zero attached hydrogens (tertiary/aromatic N) is 2. The Bertz CT molecular complexity index is 938. The lowest BCUT2D eigenvalue weighted by Gasteiger charge is -2.08. The van der Waals surface area contributed by atoms with E-state index in [0.29, 0.717) is 11.8 Å². The average Bonchev–Trinajstić information content (AvgIpc) is 2.73. The zero-order valence-corrected chi connectivity index (χ0v) is 16.6. The van der Waals surface area contributed by atoms with Crippen LogP contribution in [0.1, 0.15) is 22.3 Å². The number of ether oxygens (including phenoxy) is 1. The molecule has 0 saturated heterocycles. The van der Waals surface area contributed by atoms with E-state index in [1.807, 2.05) is 54.6 Å². The second kappa shape index (κ2) is 10.3. The van der Waals surface area contributed by atoms with Gasteiger partial charge in [-0.1, -0.05) is 66.4 Å². The van der Waals surface area contributed by atoms with Crippen LogP contribution in [-0.2, 0) is 12.4 Å². The second-order valence-electron chi connectivity index (χ2n) is 6.24. The van der Waals surface area contributed by atoms with Crippen molar-refractivity contribution < 1.29 is 4.74 Å². The van der Waals surface area contributed by atoms with Crippen molar-refractivity contribution in [2.45, 2.75) is 19.3 Å². The van der Waals surface area contributed by atoms with Gasteiger partial charge >= 0.3 is 0 Å². The molecule has 3 aromatic rings. The molecule has 0 aromatic heterocycles. The molecule has 0 unspecified atom stereocenters. The lowest BCUT2D eigenvalue weighted by atomic mass is 10.1. The molecule has 0 spiro atoms. The van der Waals surface area contributed by atoms with E-state index in [9.17, 15) is 0 Å². The molecule has 0 bridgehead atoms. The van der Waals surface area contributed by atoms with Gasteiger partial charge in [0.25, 0.3) is 0 Å². The molecule has 3 aromatic carbocycles. The highest BCUT2D eigenvalue weighted by Gasteiger charge is 1.99. The largest absolute Gasteiger partial charge is 0.489 e. The van der Waals surface area contributed by atoms with Crippen molar-refractivity contribution in [2.75, 3.05) is 0 Å². The zero-order chi connectivity index (χ0) is 19.6. The number of nitrogens with two attached hydrogens (primary N) is 1. The van der Waals surface area contributed by atoms with Crippen molar-refractivity contribution in [1.82, 2.24) is 0 Å². The van der Waals surface area contributed by atoms with Crippen LogP contribution in [0.25, 0.3) is 0 Å². The third-order valence-corrected chi connectivity index (χ3v) is 4.98. The minimum atomic E-state index is 0.443. The SMILES string of the molecule is Cc1ccccc1COc1ccc(C=NN=C(N)SCc2ccccc2)cc1. The molecule has 142 valence electrons. The Kier molecular flexibility index (Phi) is 7.27. The van der Waals surface area contributed by atoms with Crippen molar-refractivity contribution >= 4 is 23.1 Å². The van der Waals surface area contributed by atoms with E-state index in [1.165, 1.54) is 28.5 Å². The minimum Gasteiger partial charge on any atom is -0.489 e. The number of aryl methyl sites for hydroxylation is 1. The molecule has 0 fully saturated rings. The number of hydrogen-bond donors (Lipinski definition) is 1. The van der Waals surface area contributed by atoms with Gasteiger partial charge in [-0.3, -0.25) is 0 Å². The first-order valence-corrected chi connectivity index (χ1v) is 10.00. The van der Waals surface area contributed by atoms with E-state index in [1.54, 1.807) is 6.21 Å². The Morgan fingerprint density at radius 2 is 1.68 bits per heavy atom. The van der Waals surface area contributed by atoms with Crippen molar-refractivity contribution in [3.8, 4) is 5.75 Å². The molecule has 0 radical (unpaired) electrons. The molecule has 4 nitrogen and oxygen atoms in total. The summed E-state index contributed by atoms with van der Waals surface area (Å²) in [5, 5.41) is 8.55. The third kappa shape index (κ3) is 6.28. The van der Waals surface area contributed by atoms with Crippen LogP contribution in [-0.4, -0.2) is 11.4 Å². The molecular weight excluding hydrogens is 366 g/mol. The van der Waals surface area contributed by atoms with Gasteiger partial charge in [-0.15, -0.1) is 5.10 Å². The molecule has 0 atom stereocenters. The topological polar surface area (TPSA) is 60.0 Å². The zero-order valence-electron chi connectivity index (χ0n) is 15.8. The number of benzene rings is 3. The monoisotopic (exact) mass is 389 g/mol. The summed E-state index contributed by atoms with van der Waals surface area (Å²) in [4.78, 5) is 0. The first-order chi connectivity index (χ1) is 13.7. The molecular formula is C23H23N3OS. The van der Waals surface area contributed by atoms with Crippen LogP contribution < -0.4 is 10.5 Å². The van der Waals surface area contributed by atoms with Gasteiger partial charge in [-0.2, -0.15) is 5.10 Å². The van der Waals surface area contributed by atoms with Crippen LogP contribution >= 0.6 is 11.8 Å². The Labute approximate surface area is 170 Å². The predicted molar refractivity (Wildman–Crippen MR) is 119 cm³/mol. The predicted octanol–water partition coefficient (Wildman–Crippen LogP) is 5.16. The molecule has 5 heteroatoms. The van der Waals surface area contributed by atoms with Crippen molar-refractivity contribution in [3.05, 3.63) is 101 Å². The molecule has 0 aliphatic heterocycles. The summed E-state index contributed by atoms with van der Waals surface area (Å²) in [6.45, 7) is 2.64. The fraction of sp³-hybridized carbons (Fsp3) is 0.130. The summed E-state index contributed by atoms with van der Waals surface area (Å²) < 4.78 is 5.85. The van der Waals surface area contributed by atoms with Crippen molar-refractivity contribution in [2.24, 2.45) is 15.9 Å². The maximum Gasteiger partial charge on any atom is 0.180 e. The summed E-state index contributed by atoms with van der Waals surface area (Å²) >= 11 is 1.47. The van der Waals surface area contributed by atoms with Crippen LogP contribution in [0.2, 0.25) is 0 Å². The summed E-state index contributed by atoms with van der Waals surface area (Å²) in [6, 6.07) is 26.1. The van der Waals surface area contributed by atoms with E-state index in [-0.39, 0.29) is 0 Å². The molecule has 0 aliphatic rings. The quantitative estimate of drug-likeness (QED) is 0.345. The smallest absolute Gasteiger partial charge is 0.180 e. The number of rotatable bonds is 7. The van der Waals surface area contributed by atoms with Crippen LogP contribution in [0.3, 0.4) is 0 Å². The highest BCUT2D eigenvalue weighted by atomic mass is 32.2. The molecule has 2 N–H and O–H groups in total. The van der Waals surface area contributed by atoms with E-state index >= 15 is 0 Å². The van der Waals surface area contributed by atoms with Gasteiger partial charge in [-0.05, 0) is 53.4 Å². The van der Waals surface area contributed by atoms with Gasteiger partial charge in [0.15, 0.2) is 5.17 Å². The summed E-state index contributed by atoms with van der Waals surface area (Å²) in [5.41, 5.74) is 10.5. The van der Waals surface area contributed by atoms with E-state index in [2.05, 4.69) is 41.4 Å². The van der Waals surface area contributed by atoms with Gasteiger partial charge in [0.1, 0.15) is 12.4 Å². The van der Waals surface area contributed by atoms with Crippen molar-refractivity contribution in [1.29, 1.82) is 0 Å². The van der Waals surface area contributed by atoms with E-state index in [0.717, 1.165) is 17.1 Å². The maximum absolute atomic E-state index is 5.90. The first kappa shape index (κ1) is 19.7. The van der Waals surface area contributed by atoms with E-state index in [4.69, 9.17) is 10.5 Å². The van der Waals surface area contributed by atoms with Gasteiger partial charge in [0, 0.05) is 5.75 Å². The molecule has 0 aliphatic carbocycles. The first-order valence-electron chi connectivity index (χ1n) is 9.01. The molecule has 3 rings (SSSR count). The van der Waals surface area contributed by atoms with Gasteiger partial charge < -0.3 is 10.5 Å². The molecule has 28 heavy (non-hydrogen) atoms. The Morgan fingerprint density at radius 1 is 0.964 bits per heavy atom. The third-order valence-electron chi connectivity index (χ3n) is 4.13. The van der Waals surface area contributed by atoms with Crippen molar-refractivity contribution in [3.63, 3.8) is 0 Å². The van der Waals surface area contributed by atoms with Crippen LogP contribution in [0.5, 0.6) is 5.75 Å². The maximum atomic E-state index is 5.90. The lowest BCUT2D eigenvalue weighted by molar-refractivity contribution is 0.305. The van der Waals surface area contributed by atoms with Crippen LogP contribution in [0.15, 0.2) is 89.1 Å². The number of amidine groups is 1. The fourth-order valence-corrected chi connectivity index (χ4v) is 3.11. The highest BCUT2D eigenvalue weighted by molar-refractivity contribution is 8.13. The Morgan fingerprint density at radius 3 is 2.43 bits per heavy atom. The fourth-order valence-electron chi connectivity index (χ4n) is 2.50.